The smallest absolute Gasteiger partial charge is 0.270 e. The molecule has 10 heteroatoms. The van der Waals surface area contributed by atoms with E-state index in [4.69, 9.17) is 0 Å². The average molecular weight is 458 g/mol. The summed E-state index contributed by atoms with van der Waals surface area (Å²) >= 11 is 1.63. The monoisotopic (exact) mass is 457 g/mol. The fraction of sp³-hybridized carbons (Fsp3) is 0.0952. The molecule has 8 nitrogen and oxygen atoms in total. The van der Waals surface area contributed by atoms with E-state index in [1.54, 1.807) is 11.8 Å². The number of hydrogen-bond donors (Lipinski definition) is 2. The van der Waals surface area contributed by atoms with Crippen LogP contribution < -0.4 is 10.0 Å². The van der Waals surface area contributed by atoms with Crippen molar-refractivity contribution in [3.8, 4) is 0 Å². The van der Waals surface area contributed by atoms with Gasteiger partial charge in [-0.3, -0.25) is 19.6 Å². The first-order valence-electron chi connectivity index (χ1n) is 9.18. The molecular weight excluding hydrogens is 438 g/mol. The highest BCUT2D eigenvalue weighted by atomic mass is 32.2. The number of thioether (sulfide) groups is 1. The molecule has 3 aromatic rings. The van der Waals surface area contributed by atoms with Crippen LogP contribution >= 0.6 is 11.8 Å². The molecule has 0 aromatic heterocycles. The van der Waals surface area contributed by atoms with Gasteiger partial charge in [0.2, 0.25) is 0 Å². The third-order valence-electron chi connectivity index (χ3n) is 4.14. The third kappa shape index (κ3) is 6.30. The lowest BCUT2D eigenvalue weighted by atomic mass is 10.2. The first-order chi connectivity index (χ1) is 14.8. The quantitative estimate of drug-likeness (QED) is 0.218. The number of carbonyl (C=O) groups excluding carboxylic acids is 1. The van der Waals surface area contributed by atoms with Crippen LogP contribution in [0.25, 0.3) is 0 Å². The Morgan fingerprint density at radius 1 is 0.968 bits per heavy atom. The van der Waals surface area contributed by atoms with E-state index in [0.29, 0.717) is 12.1 Å². The van der Waals surface area contributed by atoms with Gasteiger partial charge in [-0.2, -0.15) is 0 Å². The zero-order chi connectivity index (χ0) is 22.3. The van der Waals surface area contributed by atoms with E-state index in [0.717, 1.165) is 16.7 Å². The number of amides is 1. The molecule has 31 heavy (non-hydrogen) atoms. The van der Waals surface area contributed by atoms with Crippen molar-refractivity contribution in [1.29, 1.82) is 0 Å². The number of nitro benzene ring substituents is 1. The molecule has 3 aromatic carbocycles. The zero-order valence-corrected chi connectivity index (χ0v) is 17.9. The number of non-ortho nitro benzene ring substituents is 1. The van der Waals surface area contributed by atoms with Crippen molar-refractivity contribution in [3.63, 3.8) is 0 Å². The van der Waals surface area contributed by atoms with Crippen LogP contribution in [0.3, 0.4) is 0 Å². The second kappa shape index (κ2) is 10.1. The summed E-state index contributed by atoms with van der Waals surface area (Å²) in [6, 6.07) is 20.6. The van der Waals surface area contributed by atoms with Gasteiger partial charge in [-0.15, -0.1) is 11.8 Å². The number of anilines is 1. The summed E-state index contributed by atoms with van der Waals surface area (Å²) in [5, 5.41) is 13.7. The average Bonchev–Trinajstić information content (AvgIpc) is 2.77. The molecule has 2 N–H and O–H groups in total. The zero-order valence-electron chi connectivity index (χ0n) is 16.2. The van der Waals surface area contributed by atoms with E-state index in [-0.39, 0.29) is 22.2 Å². The predicted molar refractivity (Wildman–Crippen MR) is 120 cm³/mol. The van der Waals surface area contributed by atoms with Crippen LogP contribution in [0.5, 0.6) is 0 Å². The van der Waals surface area contributed by atoms with Crippen molar-refractivity contribution >= 4 is 39.1 Å². The molecule has 0 radical (unpaired) electrons. The van der Waals surface area contributed by atoms with Gasteiger partial charge in [0.05, 0.1) is 9.82 Å². The summed E-state index contributed by atoms with van der Waals surface area (Å²) < 4.78 is 27.3. The highest BCUT2D eigenvalue weighted by molar-refractivity contribution is 7.99. The molecule has 1 amide bonds. The van der Waals surface area contributed by atoms with Gasteiger partial charge in [-0.05, 0) is 42.5 Å². The number of sulfonamides is 1. The van der Waals surface area contributed by atoms with Gasteiger partial charge >= 0.3 is 0 Å². The molecular formula is C21H19N3O5S2. The Morgan fingerprint density at radius 3 is 2.35 bits per heavy atom. The maximum Gasteiger partial charge on any atom is 0.270 e. The minimum atomic E-state index is -4.00. The first kappa shape index (κ1) is 22.3. The number of nitrogens with one attached hydrogen (secondary N) is 2. The first-order valence-corrected chi connectivity index (χ1v) is 11.7. The van der Waals surface area contributed by atoms with Crippen molar-refractivity contribution in [2.75, 3.05) is 17.0 Å². The van der Waals surface area contributed by atoms with Crippen molar-refractivity contribution < 1.29 is 18.1 Å². The van der Waals surface area contributed by atoms with Crippen molar-refractivity contribution in [2.24, 2.45) is 0 Å². The van der Waals surface area contributed by atoms with Crippen molar-refractivity contribution in [2.45, 2.75) is 9.79 Å². The second-order valence-corrected chi connectivity index (χ2v) is 9.21. The second-order valence-electron chi connectivity index (χ2n) is 6.35. The van der Waals surface area contributed by atoms with Crippen molar-refractivity contribution in [1.82, 2.24) is 5.32 Å². The van der Waals surface area contributed by atoms with E-state index in [1.807, 2.05) is 30.3 Å². The molecule has 0 aliphatic heterocycles. The van der Waals surface area contributed by atoms with Crippen LogP contribution in [0.15, 0.2) is 88.7 Å². The van der Waals surface area contributed by atoms with Crippen LogP contribution in [0.1, 0.15) is 10.4 Å². The maximum atomic E-state index is 12.5. The Morgan fingerprint density at radius 2 is 1.68 bits per heavy atom. The van der Waals surface area contributed by atoms with Gasteiger partial charge in [-0.1, -0.05) is 24.3 Å². The van der Waals surface area contributed by atoms with E-state index in [2.05, 4.69) is 10.0 Å². The molecule has 0 atom stereocenters. The highest BCUT2D eigenvalue weighted by Crippen LogP contribution is 2.21. The van der Waals surface area contributed by atoms with Gasteiger partial charge in [0, 0.05) is 40.6 Å². The minimum Gasteiger partial charge on any atom is -0.351 e. The number of carbonyl (C=O) groups is 1. The van der Waals surface area contributed by atoms with Gasteiger partial charge < -0.3 is 5.32 Å². The molecule has 0 fully saturated rings. The molecule has 0 saturated heterocycles. The standard InChI is InChI=1S/C21H19N3O5S2/c25-21(22-13-14-30-19-6-2-1-3-7-19)16-9-11-17(12-10-16)23-31(28,29)20-8-4-5-18(15-20)24(26)27/h1-12,15,23H,13-14H2,(H,22,25). The van der Waals surface area contributed by atoms with E-state index in [9.17, 15) is 23.3 Å². The normalized spacial score (nSPS) is 11.0. The van der Waals surface area contributed by atoms with E-state index < -0.39 is 14.9 Å². The topological polar surface area (TPSA) is 118 Å². The predicted octanol–water partition coefficient (Wildman–Crippen LogP) is 3.92. The van der Waals surface area contributed by atoms with Gasteiger partial charge in [-0.25, -0.2) is 8.42 Å². The Bertz CT molecular complexity index is 1170. The fourth-order valence-corrected chi connectivity index (χ4v) is 4.51. The lowest BCUT2D eigenvalue weighted by Gasteiger charge is -2.09. The Kier molecular flexibility index (Phi) is 7.27. The lowest BCUT2D eigenvalue weighted by Crippen LogP contribution is -2.25. The maximum absolute atomic E-state index is 12.5. The Hall–Kier alpha value is -3.37. The number of hydrogen-bond acceptors (Lipinski definition) is 6. The summed E-state index contributed by atoms with van der Waals surface area (Å²) in [7, 11) is -4.00. The van der Waals surface area contributed by atoms with Gasteiger partial charge in [0.25, 0.3) is 21.6 Å². The van der Waals surface area contributed by atoms with E-state index in [1.165, 1.54) is 42.5 Å². The van der Waals surface area contributed by atoms with Crippen molar-refractivity contribution in [3.05, 3.63) is 94.5 Å². The number of rotatable bonds is 9. The van der Waals surface area contributed by atoms with Crippen LogP contribution in [-0.2, 0) is 10.0 Å². The molecule has 0 heterocycles. The highest BCUT2D eigenvalue weighted by Gasteiger charge is 2.18. The summed E-state index contributed by atoms with van der Waals surface area (Å²) in [4.78, 5) is 23.3. The number of nitrogens with zero attached hydrogens (tertiary/aromatic N) is 1. The minimum absolute atomic E-state index is 0.223. The Balaban J connectivity index is 1.56. The fourth-order valence-electron chi connectivity index (χ4n) is 2.62. The van der Waals surface area contributed by atoms with E-state index >= 15 is 0 Å². The van der Waals surface area contributed by atoms with Crippen LogP contribution in [-0.4, -0.2) is 31.5 Å². The Labute approximate surface area is 183 Å². The summed E-state index contributed by atoms with van der Waals surface area (Å²) in [6.07, 6.45) is 0. The van der Waals surface area contributed by atoms with Crippen LogP contribution in [0, 0.1) is 10.1 Å². The summed E-state index contributed by atoms with van der Waals surface area (Å²) in [5.41, 5.74) is 0.311. The SMILES string of the molecule is O=C(NCCSc1ccccc1)c1ccc(NS(=O)(=O)c2cccc([N+](=O)[O-])c2)cc1. The molecule has 0 aliphatic rings. The molecule has 3 rings (SSSR count). The van der Waals surface area contributed by atoms with Gasteiger partial charge in [0.15, 0.2) is 0 Å². The third-order valence-corrected chi connectivity index (χ3v) is 6.53. The molecule has 0 unspecified atom stereocenters. The molecule has 0 saturated carbocycles. The largest absolute Gasteiger partial charge is 0.351 e. The molecule has 0 bridgehead atoms. The summed E-state index contributed by atoms with van der Waals surface area (Å²) in [6.45, 7) is 0.486. The molecule has 0 spiro atoms. The lowest BCUT2D eigenvalue weighted by molar-refractivity contribution is -0.385. The summed E-state index contributed by atoms with van der Waals surface area (Å²) in [5.74, 6) is 0.457. The molecule has 160 valence electrons. The van der Waals surface area contributed by atoms with Crippen LogP contribution in [0.4, 0.5) is 11.4 Å². The number of nitro groups is 1. The van der Waals surface area contributed by atoms with Crippen LogP contribution in [0.2, 0.25) is 0 Å². The number of benzene rings is 3. The molecule has 0 aliphatic carbocycles. The van der Waals surface area contributed by atoms with Gasteiger partial charge in [0.1, 0.15) is 0 Å².